The number of carbonyl (C=O) groups is 1. The molecule has 1 aromatic carbocycles. The lowest BCUT2D eigenvalue weighted by Gasteiger charge is -2.32. The minimum absolute atomic E-state index is 0.0131. The van der Waals surface area contributed by atoms with Gasteiger partial charge in [0.15, 0.2) is 11.5 Å². The van der Waals surface area contributed by atoms with Gasteiger partial charge in [-0.1, -0.05) is 12.1 Å². The minimum Gasteiger partial charge on any atom is -0.486 e. The number of para-hydroxylation sites is 2. The molecule has 0 spiro atoms. The van der Waals surface area contributed by atoms with Crippen LogP contribution in [-0.4, -0.2) is 47.8 Å². The molecular weight excluding hydrogens is 246 g/mol. The van der Waals surface area contributed by atoms with Crippen LogP contribution < -0.4 is 9.47 Å². The van der Waals surface area contributed by atoms with Crippen molar-refractivity contribution < 1.29 is 19.4 Å². The first-order valence-electron chi connectivity index (χ1n) is 6.40. The molecule has 1 aliphatic heterocycles. The van der Waals surface area contributed by atoms with Crippen LogP contribution in [0.2, 0.25) is 0 Å². The van der Waals surface area contributed by atoms with Crippen molar-refractivity contribution in [2.75, 3.05) is 19.7 Å². The molecule has 1 atom stereocenters. The van der Waals surface area contributed by atoms with Crippen LogP contribution in [0.5, 0.6) is 11.5 Å². The van der Waals surface area contributed by atoms with E-state index in [0.717, 1.165) is 11.5 Å². The van der Waals surface area contributed by atoms with Gasteiger partial charge in [0.05, 0.1) is 6.54 Å². The van der Waals surface area contributed by atoms with Crippen LogP contribution in [0, 0.1) is 0 Å². The Morgan fingerprint density at radius 3 is 2.74 bits per heavy atom. The van der Waals surface area contributed by atoms with Gasteiger partial charge in [0, 0.05) is 12.6 Å². The Morgan fingerprint density at radius 2 is 2.11 bits per heavy atom. The van der Waals surface area contributed by atoms with Crippen molar-refractivity contribution in [3.8, 4) is 11.5 Å². The van der Waals surface area contributed by atoms with Crippen molar-refractivity contribution >= 4 is 5.97 Å². The molecule has 1 aliphatic rings. The van der Waals surface area contributed by atoms with Crippen molar-refractivity contribution in [1.82, 2.24) is 4.90 Å². The lowest BCUT2D eigenvalue weighted by Crippen LogP contribution is -2.45. The molecule has 1 heterocycles. The number of fused-ring (bicyclic) bond motifs is 1. The first-order chi connectivity index (χ1) is 9.06. The molecule has 0 saturated carbocycles. The maximum absolute atomic E-state index is 10.8. The van der Waals surface area contributed by atoms with Crippen LogP contribution in [0.25, 0.3) is 0 Å². The van der Waals surface area contributed by atoms with Crippen molar-refractivity contribution in [2.24, 2.45) is 0 Å². The topological polar surface area (TPSA) is 59.0 Å². The highest BCUT2D eigenvalue weighted by molar-refractivity contribution is 5.69. The molecule has 0 amide bonds. The van der Waals surface area contributed by atoms with E-state index < -0.39 is 5.97 Å². The Bertz CT molecular complexity index is 447. The number of nitrogens with zero attached hydrogens (tertiary/aromatic N) is 1. The summed E-state index contributed by atoms with van der Waals surface area (Å²) >= 11 is 0. The molecule has 5 nitrogen and oxygen atoms in total. The number of rotatable bonds is 5. The molecule has 0 bridgehead atoms. The Balaban J connectivity index is 1.98. The Kier molecular flexibility index (Phi) is 4.27. The fourth-order valence-electron chi connectivity index (χ4n) is 2.05. The molecule has 1 unspecified atom stereocenters. The zero-order chi connectivity index (χ0) is 13.8. The largest absolute Gasteiger partial charge is 0.486 e. The second-order valence-electron chi connectivity index (χ2n) is 4.91. The van der Waals surface area contributed by atoms with E-state index in [2.05, 4.69) is 0 Å². The summed E-state index contributed by atoms with van der Waals surface area (Å²) in [6.07, 6.45) is -0.142. The monoisotopic (exact) mass is 265 g/mol. The predicted molar refractivity (Wildman–Crippen MR) is 70.7 cm³/mol. The number of carboxylic acids is 1. The van der Waals surface area contributed by atoms with Gasteiger partial charge in [0.2, 0.25) is 0 Å². The molecule has 1 N–H and O–H groups in total. The summed E-state index contributed by atoms with van der Waals surface area (Å²) in [7, 11) is 0. The zero-order valence-electron chi connectivity index (χ0n) is 11.2. The van der Waals surface area contributed by atoms with E-state index in [1.807, 2.05) is 43.0 Å². The van der Waals surface area contributed by atoms with Crippen LogP contribution in [-0.2, 0) is 4.79 Å². The predicted octanol–water partition coefficient (Wildman–Crippen LogP) is 1.62. The molecule has 0 aliphatic carbocycles. The molecule has 104 valence electrons. The fraction of sp³-hybridized carbons (Fsp3) is 0.500. The van der Waals surface area contributed by atoms with E-state index in [4.69, 9.17) is 14.6 Å². The molecule has 0 radical (unpaired) electrons. The zero-order valence-corrected chi connectivity index (χ0v) is 11.2. The summed E-state index contributed by atoms with van der Waals surface area (Å²) in [5.74, 6) is 0.636. The first-order valence-corrected chi connectivity index (χ1v) is 6.40. The average molecular weight is 265 g/mol. The second kappa shape index (κ2) is 5.93. The molecule has 2 rings (SSSR count). The standard InChI is InChI=1S/C14H19NO4/c1-10(2)15(8-14(16)17)7-11-9-18-12-5-3-4-6-13(12)19-11/h3-6,10-11H,7-9H2,1-2H3,(H,16,17). The third kappa shape index (κ3) is 3.61. The van der Waals surface area contributed by atoms with Crippen LogP contribution in [0.1, 0.15) is 13.8 Å². The molecule has 0 saturated heterocycles. The van der Waals surface area contributed by atoms with E-state index in [0.29, 0.717) is 13.2 Å². The summed E-state index contributed by atoms with van der Waals surface area (Å²) in [6, 6.07) is 7.66. The van der Waals surface area contributed by atoms with Gasteiger partial charge in [-0.25, -0.2) is 0 Å². The van der Waals surface area contributed by atoms with Crippen LogP contribution in [0.3, 0.4) is 0 Å². The fourth-order valence-corrected chi connectivity index (χ4v) is 2.05. The Hall–Kier alpha value is -1.75. The molecule has 5 heteroatoms. The summed E-state index contributed by atoms with van der Waals surface area (Å²) in [5, 5.41) is 8.91. The normalized spacial score (nSPS) is 17.8. The quantitative estimate of drug-likeness (QED) is 0.876. The lowest BCUT2D eigenvalue weighted by atomic mass is 10.2. The third-order valence-electron chi connectivity index (χ3n) is 3.07. The van der Waals surface area contributed by atoms with Gasteiger partial charge in [-0.15, -0.1) is 0 Å². The number of hydrogen-bond donors (Lipinski definition) is 1. The number of ether oxygens (including phenoxy) is 2. The number of carboxylic acid groups (broad SMARTS) is 1. The van der Waals surface area contributed by atoms with Crippen LogP contribution >= 0.6 is 0 Å². The van der Waals surface area contributed by atoms with E-state index in [1.54, 1.807) is 0 Å². The first kappa shape index (κ1) is 13.7. The van der Waals surface area contributed by atoms with Crippen molar-refractivity contribution in [3.05, 3.63) is 24.3 Å². The highest BCUT2D eigenvalue weighted by Gasteiger charge is 2.25. The van der Waals surface area contributed by atoms with E-state index in [1.165, 1.54) is 0 Å². The molecule has 19 heavy (non-hydrogen) atoms. The summed E-state index contributed by atoms with van der Waals surface area (Å²) in [5.41, 5.74) is 0. The van der Waals surface area contributed by atoms with Crippen molar-refractivity contribution in [1.29, 1.82) is 0 Å². The molecule has 0 aromatic heterocycles. The smallest absolute Gasteiger partial charge is 0.317 e. The van der Waals surface area contributed by atoms with E-state index in [9.17, 15) is 4.79 Å². The minimum atomic E-state index is -0.828. The third-order valence-corrected chi connectivity index (χ3v) is 3.07. The van der Waals surface area contributed by atoms with E-state index in [-0.39, 0.29) is 18.7 Å². The number of aliphatic carboxylic acids is 1. The maximum atomic E-state index is 10.8. The second-order valence-corrected chi connectivity index (χ2v) is 4.91. The van der Waals surface area contributed by atoms with E-state index >= 15 is 0 Å². The SMILES string of the molecule is CC(C)N(CC(=O)O)CC1COc2ccccc2O1. The van der Waals surface area contributed by atoms with Gasteiger partial charge in [-0.2, -0.15) is 0 Å². The van der Waals surface area contributed by atoms with Crippen molar-refractivity contribution in [2.45, 2.75) is 26.0 Å². The van der Waals surface area contributed by atoms with Crippen LogP contribution in [0.15, 0.2) is 24.3 Å². The summed E-state index contributed by atoms with van der Waals surface area (Å²) in [6.45, 7) is 4.94. The molecule has 1 aromatic rings. The lowest BCUT2D eigenvalue weighted by molar-refractivity contribution is -0.139. The Morgan fingerprint density at radius 1 is 1.42 bits per heavy atom. The van der Waals surface area contributed by atoms with Crippen molar-refractivity contribution in [3.63, 3.8) is 0 Å². The number of hydrogen-bond acceptors (Lipinski definition) is 4. The van der Waals surface area contributed by atoms with Gasteiger partial charge >= 0.3 is 5.97 Å². The van der Waals surface area contributed by atoms with Crippen LogP contribution in [0.4, 0.5) is 0 Å². The van der Waals surface area contributed by atoms with Gasteiger partial charge in [0.1, 0.15) is 12.7 Å². The van der Waals surface area contributed by atoms with Gasteiger partial charge < -0.3 is 14.6 Å². The highest BCUT2D eigenvalue weighted by Crippen LogP contribution is 2.31. The number of benzene rings is 1. The molecular formula is C14H19NO4. The van der Waals surface area contributed by atoms with Gasteiger partial charge in [-0.05, 0) is 26.0 Å². The van der Waals surface area contributed by atoms with Gasteiger partial charge in [-0.3, -0.25) is 9.69 Å². The summed E-state index contributed by atoms with van der Waals surface area (Å²) < 4.78 is 11.5. The highest BCUT2D eigenvalue weighted by atomic mass is 16.6. The maximum Gasteiger partial charge on any atom is 0.317 e. The summed E-state index contributed by atoms with van der Waals surface area (Å²) in [4.78, 5) is 12.7. The molecule has 0 fully saturated rings. The Labute approximate surface area is 112 Å². The average Bonchev–Trinajstić information content (AvgIpc) is 2.37. The van der Waals surface area contributed by atoms with Gasteiger partial charge in [0.25, 0.3) is 0 Å².